The Morgan fingerprint density at radius 1 is 1.10 bits per heavy atom. The zero-order valence-corrected chi connectivity index (χ0v) is 18.3. The summed E-state index contributed by atoms with van der Waals surface area (Å²) in [5, 5.41) is 6.36. The van der Waals surface area contributed by atoms with E-state index in [2.05, 4.69) is 36.5 Å². The second-order valence-electron chi connectivity index (χ2n) is 6.74. The maximum absolute atomic E-state index is 12.3. The van der Waals surface area contributed by atoms with Crippen LogP contribution in [0.1, 0.15) is 37.2 Å². The van der Waals surface area contributed by atoms with Gasteiger partial charge in [-0.2, -0.15) is 5.10 Å². The predicted molar refractivity (Wildman–Crippen MR) is 113 cm³/mol. The largest absolute Gasteiger partial charge is 0.459 e. The van der Waals surface area contributed by atoms with Gasteiger partial charge >= 0.3 is 11.8 Å². The number of nitrogens with zero attached hydrogens (tertiary/aromatic N) is 1. The van der Waals surface area contributed by atoms with E-state index in [4.69, 9.17) is 4.42 Å². The number of furan rings is 1. The third-order valence-electron chi connectivity index (χ3n) is 4.50. The van der Waals surface area contributed by atoms with Gasteiger partial charge in [0.25, 0.3) is 0 Å². The van der Waals surface area contributed by atoms with Gasteiger partial charge in [0.1, 0.15) is 11.5 Å². The lowest BCUT2D eigenvalue weighted by molar-refractivity contribution is -0.139. The molecule has 1 fully saturated rings. The average Bonchev–Trinajstić information content (AvgIpc) is 3.39. The molecule has 160 valence electrons. The van der Waals surface area contributed by atoms with Crippen LogP contribution in [0.5, 0.6) is 0 Å². The van der Waals surface area contributed by atoms with Crippen molar-refractivity contribution in [3.8, 4) is 0 Å². The Bertz CT molecular complexity index is 1030. The Morgan fingerprint density at radius 2 is 1.80 bits per heavy atom. The van der Waals surface area contributed by atoms with Gasteiger partial charge in [0.2, 0.25) is 10.0 Å². The molecular formula is C19H21BrN4O5S. The molecule has 1 aliphatic rings. The molecule has 0 spiro atoms. The first-order valence-electron chi connectivity index (χ1n) is 9.31. The molecule has 0 radical (unpaired) electrons. The van der Waals surface area contributed by atoms with Crippen LogP contribution in [0.3, 0.4) is 0 Å². The van der Waals surface area contributed by atoms with Crippen LogP contribution in [-0.2, 0) is 26.2 Å². The SMILES string of the molecule is O=C(N/N=C/c1ccc(CNS(=O)(=O)c2ccc(Br)cc2)o1)C(=O)NC1CCCC1. The molecule has 30 heavy (non-hydrogen) atoms. The highest BCUT2D eigenvalue weighted by molar-refractivity contribution is 9.10. The molecule has 2 amide bonds. The summed E-state index contributed by atoms with van der Waals surface area (Å²) in [7, 11) is -3.68. The molecule has 2 aromatic rings. The number of rotatable bonds is 7. The molecule has 0 saturated heterocycles. The molecule has 0 bridgehead atoms. The van der Waals surface area contributed by atoms with Gasteiger partial charge in [0.05, 0.1) is 17.7 Å². The molecule has 1 heterocycles. The van der Waals surface area contributed by atoms with Crippen molar-refractivity contribution in [2.24, 2.45) is 5.10 Å². The summed E-state index contributed by atoms with van der Waals surface area (Å²) in [5.41, 5.74) is 2.14. The van der Waals surface area contributed by atoms with Crippen molar-refractivity contribution in [3.05, 3.63) is 52.4 Å². The minimum Gasteiger partial charge on any atom is -0.459 e. The number of benzene rings is 1. The lowest BCUT2D eigenvalue weighted by Crippen LogP contribution is -2.42. The van der Waals surface area contributed by atoms with Crippen molar-refractivity contribution in [1.82, 2.24) is 15.5 Å². The zero-order valence-electron chi connectivity index (χ0n) is 15.9. The van der Waals surface area contributed by atoms with Gasteiger partial charge in [-0.25, -0.2) is 18.6 Å². The van der Waals surface area contributed by atoms with Crippen LogP contribution in [-0.4, -0.2) is 32.5 Å². The van der Waals surface area contributed by atoms with Gasteiger partial charge in [-0.3, -0.25) is 9.59 Å². The molecule has 0 unspecified atom stereocenters. The quantitative estimate of drug-likeness (QED) is 0.306. The van der Waals surface area contributed by atoms with Gasteiger partial charge < -0.3 is 9.73 Å². The number of carbonyl (C=O) groups excluding carboxylic acids is 2. The van der Waals surface area contributed by atoms with Crippen molar-refractivity contribution >= 4 is 44.0 Å². The van der Waals surface area contributed by atoms with Gasteiger partial charge in [-0.15, -0.1) is 0 Å². The first kappa shape index (κ1) is 22.2. The topological polar surface area (TPSA) is 130 Å². The number of hydrogen-bond acceptors (Lipinski definition) is 6. The number of sulfonamides is 1. The number of carbonyl (C=O) groups is 2. The highest BCUT2D eigenvalue weighted by atomic mass is 79.9. The van der Waals surface area contributed by atoms with E-state index in [1.807, 2.05) is 0 Å². The third kappa shape index (κ3) is 6.25. The van der Waals surface area contributed by atoms with E-state index in [0.717, 1.165) is 30.2 Å². The summed E-state index contributed by atoms with van der Waals surface area (Å²) in [6.07, 6.45) is 5.08. The molecule has 1 aromatic carbocycles. The summed E-state index contributed by atoms with van der Waals surface area (Å²) >= 11 is 3.26. The van der Waals surface area contributed by atoms with Gasteiger partial charge in [-0.05, 0) is 49.2 Å². The van der Waals surface area contributed by atoms with E-state index in [1.165, 1.54) is 18.3 Å². The van der Waals surface area contributed by atoms with Crippen LogP contribution in [0.15, 0.2) is 55.3 Å². The van der Waals surface area contributed by atoms with Gasteiger partial charge in [-0.1, -0.05) is 28.8 Å². The second-order valence-corrected chi connectivity index (χ2v) is 9.42. The lowest BCUT2D eigenvalue weighted by atomic mass is 10.2. The molecule has 3 N–H and O–H groups in total. The van der Waals surface area contributed by atoms with E-state index < -0.39 is 21.8 Å². The molecule has 0 atom stereocenters. The summed E-state index contributed by atoms with van der Waals surface area (Å²) in [5.74, 6) is -0.916. The van der Waals surface area contributed by atoms with E-state index in [9.17, 15) is 18.0 Å². The van der Waals surface area contributed by atoms with Crippen molar-refractivity contribution in [2.45, 2.75) is 43.2 Å². The predicted octanol–water partition coefficient (Wildman–Crippen LogP) is 2.03. The summed E-state index contributed by atoms with van der Waals surface area (Å²) in [4.78, 5) is 23.7. The highest BCUT2D eigenvalue weighted by Gasteiger charge is 2.21. The Kier molecular flexibility index (Phi) is 7.40. The van der Waals surface area contributed by atoms with E-state index >= 15 is 0 Å². The standard InChI is InChI=1S/C19H21BrN4O5S/c20-13-5-9-17(10-6-13)30(27,28)22-12-16-8-7-15(29-16)11-21-24-19(26)18(25)23-14-3-1-2-4-14/h5-11,14,22H,1-4,12H2,(H,23,25)(H,24,26)/b21-11+. The minimum absolute atomic E-state index is 0.0426. The van der Waals surface area contributed by atoms with E-state index in [1.54, 1.807) is 24.3 Å². The maximum Gasteiger partial charge on any atom is 0.329 e. The number of nitrogens with one attached hydrogen (secondary N) is 3. The Labute approximate surface area is 182 Å². The monoisotopic (exact) mass is 496 g/mol. The van der Waals surface area contributed by atoms with E-state index in [-0.39, 0.29) is 17.5 Å². The first-order chi connectivity index (χ1) is 14.3. The van der Waals surface area contributed by atoms with Crippen LogP contribution >= 0.6 is 15.9 Å². The fourth-order valence-corrected chi connectivity index (χ4v) is 4.21. The first-order valence-corrected chi connectivity index (χ1v) is 11.6. The second kappa shape index (κ2) is 10.0. The Morgan fingerprint density at radius 3 is 2.50 bits per heavy atom. The number of hydrogen-bond donors (Lipinski definition) is 3. The highest BCUT2D eigenvalue weighted by Crippen LogP contribution is 2.17. The van der Waals surface area contributed by atoms with Crippen molar-refractivity contribution < 1.29 is 22.4 Å². The number of amides is 2. The smallest absolute Gasteiger partial charge is 0.329 e. The van der Waals surface area contributed by atoms with Gasteiger partial charge in [0, 0.05) is 10.5 Å². The fraction of sp³-hybridized carbons (Fsp3) is 0.316. The van der Waals surface area contributed by atoms with Crippen molar-refractivity contribution in [3.63, 3.8) is 0 Å². The summed E-state index contributed by atoms with van der Waals surface area (Å²) in [6, 6.07) is 9.44. The van der Waals surface area contributed by atoms with Crippen molar-refractivity contribution in [2.75, 3.05) is 0 Å². The normalized spacial score (nSPS) is 14.8. The maximum atomic E-state index is 12.3. The summed E-state index contributed by atoms with van der Waals surface area (Å²) < 4.78 is 33.2. The van der Waals surface area contributed by atoms with Crippen LogP contribution in [0.2, 0.25) is 0 Å². The molecule has 1 saturated carbocycles. The van der Waals surface area contributed by atoms with Crippen LogP contribution in [0.25, 0.3) is 0 Å². The van der Waals surface area contributed by atoms with Crippen LogP contribution < -0.4 is 15.5 Å². The molecular weight excluding hydrogens is 476 g/mol. The van der Waals surface area contributed by atoms with Gasteiger partial charge in [0.15, 0.2) is 0 Å². The minimum atomic E-state index is -3.68. The average molecular weight is 497 g/mol. The van der Waals surface area contributed by atoms with E-state index in [0.29, 0.717) is 11.5 Å². The van der Waals surface area contributed by atoms with Crippen LogP contribution in [0.4, 0.5) is 0 Å². The molecule has 1 aromatic heterocycles. The molecule has 9 nitrogen and oxygen atoms in total. The third-order valence-corrected chi connectivity index (χ3v) is 6.44. The fourth-order valence-electron chi connectivity index (χ4n) is 2.95. The number of hydrazone groups is 1. The zero-order chi connectivity index (χ0) is 21.6. The number of halogens is 1. The molecule has 11 heteroatoms. The molecule has 1 aliphatic carbocycles. The summed E-state index contributed by atoms with van der Waals surface area (Å²) in [6.45, 7) is -0.0532. The van der Waals surface area contributed by atoms with Crippen molar-refractivity contribution in [1.29, 1.82) is 0 Å². The molecule has 0 aliphatic heterocycles. The molecule has 3 rings (SSSR count). The Hall–Kier alpha value is -2.50. The Balaban J connectivity index is 1.47. The lowest BCUT2D eigenvalue weighted by Gasteiger charge is -2.09. The van der Waals surface area contributed by atoms with Crippen LogP contribution in [0, 0.1) is 0 Å².